The number of rotatable bonds is 6. The number of pyridine rings is 1. The minimum Gasteiger partial charge on any atom is -0.383 e. The van der Waals surface area contributed by atoms with Crippen LogP contribution in [0.1, 0.15) is 22.5 Å². The Morgan fingerprint density at radius 3 is 2.94 bits per heavy atom. The lowest BCUT2D eigenvalue weighted by Gasteiger charge is -2.19. The number of halogens is 1. The SMILES string of the molecule is COCCn1cc2c(N3CCC(N)C3)ccc(C(=O)Nc3cc(F)c4nc(C)cn4c3)c2n1. The molecule has 0 aliphatic carbocycles. The van der Waals surface area contributed by atoms with Crippen molar-refractivity contribution in [1.29, 1.82) is 0 Å². The molecule has 10 heteroatoms. The molecule has 1 amide bonds. The van der Waals surface area contributed by atoms with E-state index in [2.05, 4.69) is 20.3 Å². The highest BCUT2D eigenvalue weighted by atomic mass is 19.1. The van der Waals surface area contributed by atoms with Gasteiger partial charge in [-0.2, -0.15) is 5.10 Å². The van der Waals surface area contributed by atoms with E-state index in [4.69, 9.17) is 10.5 Å². The summed E-state index contributed by atoms with van der Waals surface area (Å²) in [5.41, 5.74) is 9.36. The largest absolute Gasteiger partial charge is 0.383 e. The maximum atomic E-state index is 14.5. The Morgan fingerprint density at radius 2 is 2.18 bits per heavy atom. The molecule has 4 aromatic rings. The summed E-state index contributed by atoms with van der Waals surface area (Å²) >= 11 is 0. The van der Waals surface area contributed by atoms with E-state index >= 15 is 0 Å². The van der Waals surface area contributed by atoms with Crippen LogP contribution in [-0.4, -0.2) is 57.9 Å². The van der Waals surface area contributed by atoms with Gasteiger partial charge in [0, 0.05) is 62.0 Å². The zero-order valence-electron chi connectivity index (χ0n) is 18.6. The maximum Gasteiger partial charge on any atom is 0.257 e. The highest BCUT2D eigenvalue weighted by molar-refractivity contribution is 6.13. The fourth-order valence-electron chi connectivity index (χ4n) is 4.35. The van der Waals surface area contributed by atoms with Crippen molar-refractivity contribution in [3.63, 3.8) is 0 Å². The highest BCUT2D eigenvalue weighted by Gasteiger charge is 2.24. The maximum absolute atomic E-state index is 14.5. The molecule has 5 rings (SSSR count). The molecule has 0 saturated carbocycles. The normalized spacial score (nSPS) is 16.2. The second kappa shape index (κ2) is 8.45. The quantitative estimate of drug-likeness (QED) is 0.467. The smallest absolute Gasteiger partial charge is 0.257 e. The van der Waals surface area contributed by atoms with Crippen LogP contribution in [0.2, 0.25) is 0 Å². The van der Waals surface area contributed by atoms with Gasteiger partial charge < -0.3 is 25.1 Å². The molecule has 1 unspecified atom stereocenters. The first-order valence-electron chi connectivity index (χ1n) is 10.9. The van der Waals surface area contributed by atoms with E-state index in [9.17, 15) is 9.18 Å². The monoisotopic (exact) mass is 451 g/mol. The molecule has 4 heterocycles. The molecule has 3 N–H and O–H groups in total. The number of nitrogens with two attached hydrogens (primary N) is 1. The van der Waals surface area contributed by atoms with Crippen LogP contribution in [0.3, 0.4) is 0 Å². The van der Waals surface area contributed by atoms with E-state index in [1.807, 2.05) is 12.3 Å². The van der Waals surface area contributed by atoms with Crippen LogP contribution in [0.4, 0.5) is 15.8 Å². The van der Waals surface area contributed by atoms with Crippen molar-refractivity contribution in [3.05, 3.63) is 53.9 Å². The van der Waals surface area contributed by atoms with Crippen molar-refractivity contribution in [1.82, 2.24) is 19.2 Å². The number of nitrogens with one attached hydrogen (secondary N) is 1. The third-order valence-electron chi connectivity index (χ3n) is 5.92. The van der Waals surface area contributed by atoms with Crippen LogP contribution in [0.15, 0.2) is 36.8 Å². The third-order valence-corrected chi connectivity index (χ3v) is 5.92. The van der Waals surface area contributed by atoms with Crippen LogP contribution >= 0.6 is 0 Å². The highest BCUT2D eigenvalue weighted by Crippen LogP contribution is 2.31. The molecular weight excluding hydrogens is 425 g/mol. The molecule has 1 aromatic carbocycles. The molecule has 33 heavy (non-hydrogen) atoms. The number of carbonyl (C=O) groups is 1. The van der Waals surface area contributed by atoms with Gasteiger partial charge >= 0.3 is 0 Å². The zero-order valence-corrected chi connectivity index (χ0v) is 18.6. The zero-order chi connectivity index (χ0) is 23.1. The number of fused-ring (bicyclic) bond motifs is 2. The summed E-state index contributed by atoms with van der Waals surface area (Å²) in [5.74, 6) is -0.868. The Labute approximate surface area is 189 Å². The summed E-state index contributed by atoms with van der Waals surface area (Å²) in [7, 11) is 1.64. The number of imidazole rings is 1. The lowest BCUT2D eigenvalue weighted by Crippen LogP contribution is -2.26. The Morgan fingerprint density at radius 1 is 1.33 bits per heavy atom. The van der Waals surface area contributed by atoms with E-state index in [-0.39, 0.29) is 17.6 Å². The Bertz CT molecular complexity index is 1350. The molecule has 0 radical (unpaired) electrons. The van der Waals surface area contributed by atoms with E-state index in [1.165, 1.54) is 6.07 Å². The molecule has 1 aliphatic rings. The van der Waals surface area contributed by atoms with Crippen LogP contribution in [0, 0.1) is 12.7 Å². The summed E-state index contributed by atoms with van der Waals surface area (Å²) in [6.45, 7) is 4.47. The van der Waals surface area contributed by atoms with Gasteiger partial charge in [-0.1, -0.05) is 0 Å². The van der Waals surface area contributed by atoms with Crippen LogP contribution in [0.5, 0.6) is 0 Å². The summed E-state index contributed by atoms with van der Waals surface area (Å²) in [6, 6.07) is 5.10. The number of carbonyl (C=O) groups excluding carboxylic acids is 1. The predicted molar refractivity (Wildman–Crippen MR) is 124 cm³/mol. The number of ether oxygens (including phenoxy) is 1. The van der Waals surface area contributed by atoms with E-state index in [1.54, 1.807) is 41.6 Å². The van der Waals surface area contributed by atoms with Gasteiger partial charge in [0.15, 0.2) is 11.5 Å². The number of methoxy groups -OCH3 is 1. The molecule has 9 nitrogen and oxygen atoms in total. The minimum atomic E-state index is -0.504. The first kappa shape index (κ1) is 21.4. The van der Waals surface area contributed by atoms with Gasteiger partial charge in [-0.3, -0.25) is 9.48 Å². The van der Waals surface area contributed by atoms with Gasteiger partial charge in [0.25, 0.3) is 5.91 Å². The van der Waals surface area contributed by atoms with Gasteiger partial charge in [-0.25, -0.2) is 9.37 Å². The number of hydrogen-bond acceptors (Lipinski definition) is 6. The first-order valence-corrected chi connectivity index (χ1v) is 10.9. The molecule has 1 aliphatic heterocycles. The van der Waals surface area contributed by atoms with Gasteiger partial charge in [0.05, 0.1) is 30.1 Å². The van der Waals surface area contributed by atoms with E-state index < -0.39 is 5.82 Å². The van der Waals surface area contributed by atoms with Gasteiger partial charge in [0.2, 0.25) is 0 Å². The summed E-state index contributed by atoms with van der Waals surface area (Å²) in [5, 5.41) is 8.34. The molecule has 0 bridgehead atoms. The van der Waals surface area contributed by atoms with Crippen LogP contribution in [0.25, 0.3) is 16.6 Å². The summed E-state index contributed by atoms with van der Waals surface area (Å²) in [4.78, 5) is 19.6. The number of aromatic nitrogens is 4. The first-order chi connectivity index (χ1) is 15.9. The van der Waals surface area contributed by atoms with Gasteiger partial charge in [-0.05, 0) is 25.5 Å². The second-order valence-electron chi connectivity index (χ2n) is 8.42. The Hall–Kier alpha value is -3.50. The number of benzene rings is 1. The standard InChI is InChI=1S/C23H26FN7O2/c1-14-10-30-12-16(9-19(24)22(30)26-14)27-23(32)17-3-4-20(29-6-5-15(25)11-29)18-13-31(7-8-33-2)28-21(17)18/h3-4,9-10,12-13,15H,5-8,11,25H2,1-2H3,(H,27,32). The number of hydrogen-bond donors (Lipinski definition) is 2. The van der Waals surface area contributed by atoms with Crippen molar-refractivity contribution >= 4 is 33.8 Å². The average molecular weight is 452 g/mol. The molecule has 1 atom stereocenters. The fraction of sp³-hybridized carbons (Fsp3) is 0.348. The van der Waals surface area contributed by atoms with Crippen LogP contribution < -0.4 is 16.0 Å². The molecular formula is C23H26FN7O2. The molecule has 3 aromatic heterocycles. The second-order valence-corrected chi connectivity index (χ2v) is 8.42. The van der Waals surface area contributed by atoms with Gasteiger partial charge in [-0.15, -0.1) is 0 Å². The van der Waals surface area contributed by atoms with Crippen molar-refractivity contribution in [2.75, 3.05) is 37.0 Å². The number of anilines is 2. The predicted octanol–water partition coefficient (Wildman–Crippen LogP) is 2.57. The number of amides is 1. The summed E-state index contributed by atoms with van der Waals surface area (Å²) < 4.78 is 23.0. The lowest BCUT2D eigenvalue weighted by atomic mass is 10.1. The Kier molecular flexibility index (Phi) is 5.47. The lowest BCUT2D eigenvalue weighted by molar-refractivity contribution is 0.102. The van der Waals surface area contributed by atoms with Gasteiger partial charge in [0.1, 0.15) is 5.52 Å². The van der Waals surface area contributed by atoms with Crippen molar-refractivity contribution in [3.8, 4) is 0 Å². The number of aryl methyl sites for hydroxylation is 1. The van der Waals surface area contributed by atoms with E-state index in [0.29, 0.717) is 35.6 Å². The average Bonchev–Trinajstić information content (AvgIpc) is 3.49. The molecule has 1 saturated heterocycles. The van der Waals surface area contributed by atoms with Crippen molar-refractivity contribution in [2.45, 2.75) is 25.9 Å². The third kappa shape index (κ3) is 4.03. The molecule has 1 fully saturated rings. The topological polar surface area (TPSA) is 103 Å². The summed E-state index contributed by atoms with van der Waals surface area (Å²) in [6.07, 6.45) is 6.21. The van der Waals surface area contributed by atoms with Crippen LogP contribution in [-0.2, 0) is 11.3 Å². The van der Waals surface area contributed by atoms with Crippen molar-refractivity contribution in [2.24, 2.45) is 5.73 Å². The fourth-order valence-corrected chi connectivity index (χ4v) is 4.35. The minimum absolute atomic E-state index is 0.128. The molecule has 0 spiro atoms. The number of nitrogens with zero attached hydrogens (tertiary/aromatic N) is 5. The van der Waals surface area contributed by atoms with E-state index in [0.717, 1.165) is 30.6 Å². The van der Waals surface area contributed by atoms with Crippen molar-refractivity contribution < 1.29 is 13.9 Å². The Balaban J connectivity index is 1.51. The molecule has 172 valence electrons.